The summed E-state index contributed by atoms with van der Waals surface area (Å²) >= 11 is 0. The molecule has 5 heteroatoms. The number of nitrogens with one attached hydrogen (secondary N) is 1. The molecule has 0 atom stereocenters. The molecule has 1 N–H and O–H groups in total. The standard InChI is InChI=1S/C13H20FNO3/c1-16-7-3-8-18-9-6-15-11-4-5-12(14)13(10-11)17-2/h4-5,10,15H,3,6-9H2,1-2H3. The van der Waals surface area contributed by atoms with Gasteiger partial charge in [0.15, 0.2) is 11.6 Å². The smallest absolute Gasteiger partial charge is 0.165 e. The van der Waals surface area contributed by atoms with Gasteiger partial charge in [0, 0.05) is 38.6 Å². The summed E-state index contributed by atoms with van der Waals surface area (Å²) in [6.45, 7) is 2.66. The molecular formula is C13H20FNO3. The Kier molecular flexibility index (Phi) is 7.13. The summed E-state index contributed by atoms with van der Waals surface area (Å²) in [5.41, 5.74) is 0.814. The molecule has 0 bridgehead atoms. The fourth-order valence-corrected chi connectivity index (χ4v) is 1.44. The Morgan fingerprint density at radius 3 is 2.72 bits per heavy atom. The maximum atomic E-state index is 13.1. The van der Waals surface area contributed by atoms with Gasteiger partial charge in [0.05, 0.1) is 13.7 Å². The van der Waals surface area contributed by atoms with E-state index < -0.39 is 0 Å². The second-order valence-corrected chi connectivity index (χ2v) is 3.73. The lowest BCUT2D eigenvalue weighted by atomic mass is 10.3. The van der Waals surface area contributed by atoms with Crippen LogP contribution in [0.2, 0.25) is 0 Å². The van der Waals surface area contributed by atoms with Crippen LogP contribution in [-0.4, -0.2) is 40.6 Å². The summed E-state index contributed by atoms with van der Waals surface area (Å²) < 4.78 is 28.3. The Hall–Kier alpha value is -1.33. The van der Waals surface area contributed by atoms with Crippen molar-refractivity contribution in [3.8, 4) is 5.75 Å². The molecule has 0 unspecified atom stereocenters. The number of benzene rings is 1. The Morgan fingerprint density at radius 2 is 2.00 bits per heavy atom. The van der Waals surface area contributed by atoms with Gasteiger partial charge >= 0.3 is 0 Å². The van der Waals surface area contributed by atoms with Crippen LogP contribution in [0.5, 0.6) is 5.75 Å². The monoisotopic (exact) mass is 257 g/mol. The van der Waals surface area contributed by atoms with Crippen LogP contribution in [0.15, 0.2) is 18.2 Å². The minimum atomic E-state index is -0.362. The quantitative estimate of drug-likeness (QED) is 0.689. The Balaban J connectivity index is 2.19. The van der Waals surface area contributed by atoms with Gasteiger partial charge in [-0.25, -0.2) is 4.39 Å². The van der Waals surface area contributed by atoms with E-state index in [2.05, 4.69) is 5.32 Å². The highest BCUT2D eigenvalue weighted by molar-refractivity contribution is 5.48. The summed E-state index contributed by atoms with van der Waals surface area (Å²) in [6, 6.07) is 4.67. The zero-order chi connectivity index (χ0) is 13.2. The molecule has 18 heavy (non-hydrogen) atoms. The average molecular weight is 257 g/mol. The minimum Gasteiger partial charge on any atom is -0.494 e. The van der Waals surface area contributed by atoms with Gasteiger partial charge in [-0.2, -0.15) is 0 Å². The summed E-state index contributed by atoms with van der Waals surface area (Å²) in [7, 11) is 3.12. The van der Waals surface area contributed by atoms with E-state index in [9.17, 15) is 4.39 Å². The van der Waals surface area contributed by atoms with Gasteiger partial charge in [-0.05, 0) is 18.6 Å². The Labute approximate surface area is 107 Å². The molecular weight excluding hydrogens is 237 g/mol. The van der Waals surface area contributed by atoms with Crippen LogP contribution in [0.25, 0.3) is 0 Å². The maximum absolute atomic E-state index is 13.1. The SMILES string of the molecule is COCCCOCCNc1ccc(F)c(OC)c1. The number of halogens is 1. The summed E-state index contributed by atoms with van der Waals surface area (Å²) in [6.07, 6.45) is 0.890. The number of methoxy groups -OCH3 is 2. The summed E-state index contributed by atoms with van der Waals surface area (Å²) in [5.74, 6) is -0.125. The van der Waals surface area contributed by atoms with Gasteiger partial charge in [0.25, 0.3) is 0 Å². The van der Waals surface area contributed by atoms with E-state index in [0.29, 0.717) is 26.4 Å². The van der Waals surface area contributed by atoms with Gasteiger partial charge in [-0.3, -0.25) is 0 Å². The lowest BCUT2D eigenvalue weighted by Gasteiger charge is -2.09. The second-order valence-electron chi connectivity index (χ2n) is 3.73. The molecule has 0 amide bonds. The summed E-state index contributed by atoms with van der Waals surface area (Å²) in [4.78, 5) is 0. The highest BCUT2D eigenvalue weighted by Crippen LogP contribution is 2.21. The highest BCUT2D eigenvalue weighted by atomic mass is 19.1. The van der Waals surface area contributed by atoms with Crippen LogP contribution in [0.4, 0.5) is 10.1 Å². The van der Waals surface area contributed by atoms with Gasteiger partial charge in [0.1, 0.15) is 0 Å². The topological polar surface area (TPSA) is 39.7 Å². The van der Waals surface area contributed by atoms with Crippen molar-refractivity contribution in [3.63, 3.8) is 0 Å². The van der Waals surface area contributed by atoms with Gasteiger partial charge < -0.3 is 19.5 Å². The van der Waals surface area contributed by atoms with Crippen molar-refractivity contribution in [1.29, 1.82) is 0 Å². The second kappa shape index (κ2) is 8.72. The predicted octanol–water partition coefficient (Wildman–Crippen LogP) is 2.30. The number of hydrogen-bond acceptors (Lipinski definition) is 4. The average Bonchev–Trinajstić information content (AvgIpc) is 2.39. The first-order valence-corrected chi connectivity index (χ1v) is 5.92. The molecule has 1 aromatic carbocycles. The first-order valence-electron chi connectivity index (χ1n) is 5.92. The lowest BCUT2D eigenvalue weighted by molar-refractivity contribution is 0.109. The van der Waals surface area contributed by atoms with Crippen molar-refractivity contribution in [2.75, 3.05) is 45.9 Å². The van der Waals surface area contributed by atoms with Crippen molar-refractivity contribution in [2.24, 2.45) is 0 Å². The number of ether oxygens (including phenoxy) is 3. The zero-order valence-electron chi connectivity index (χ0n) is 10.9. The number of rotatable bonds is 9. The molecule has 0 aliphatic rings. The number of anilines is 1. The molecule has 0 spiro atoms. The minimum absolute atomic E-state index is 0.237. The molecule has 0 aliphatic carbocycles. The van der Waals surface area contributed by atoms with E-state index >= 15 is 0 Å². The maximum Gasteiger partial charge on any atom is 0.165 e. The largest absolute Gasteiger partial charge is 0.494 e. The van der Waals surface area contributed by atoms with Gasteiger partial charge in [-0.1, -0.05) is 0 Å². The van der Waals surface area contributed by atoms with E-state index in [1.165, 1.54) is 13.2 Å². The molecule has 0 aromatic heterocycles. The molecule has 0 radical (unpaired) electrons. The Morgan fingerprint density at radius 1 is 1.17 bits per heavy atom. The van der Waals surface area contributed by atoms with Crippen LogP contribution in [0, 0.1) is 5.82 Å². The first-order chi connectivity index (χ1) is 8.77. The van der Waals surface area contributed by atoms with E-state index in [-0.39, 0.29) is 11.6 Å². The van der Waals surface area contributed by atoms with Crippen LogP contribution in [0.1, 0.15) is 6.42 Å². The number of hydrogen-bond donors (Lipinski definition) is 1. The van der Waals surface area contributed by atoms with E-state index in [1.54, 1.807) is 19.2 Å². The fourth-order valence-electron chi connectivity index (χ4n) is 1.44. The van der Waals surface area contributed by atoms with Crippen molar-refractivity contribution < 1.29 is 18.6 Å². The van der Waals surface area contributed by atoms with Crippen molar-refractivity contribution >= 4 is 5.69 Å². The fraction of sp³-hybridized carbons (Fsp3) is 0.538. The molecule has 0 saturated heterocycles. The molecule has 102 valence electrons. The Bertz CT molecular complexity index is 347. The lowest BCUT2D eigenvalue weighted by Crippen LogP contribution is -2.10. The van der Waals surface area contributed by atoms with E-state index in [4.69, 9.17) is 14.2 Å². The van der Waals surface area contributed by atoms with Gasteiger partial charge in [-0.15, -0.1) is 0 Å². The molecule has 4 nitrogen and oxygen atoms in total. The van der Waals surface area contributed by atoms with E-state index in [1.807, 2.05) is 0 Å². The molecule has 0 saturated carbocycles. The van der Waals surface area contributed by atoms with Gasteiger partial charge in [0.2, 0.25) is 0 Å². The summed E-state index contributed by atoms with van der Waals surface area (Å²) in [5, 5.41) is 3.13. The van der Waals surface area contributed by atoms with Crippen molar-refractivity contribution in [1.82, 2.24) is 0 Å². The third-order valence-corrected chi connectivity index (χ3v) is 2.36. The van der Waals surface area contributed by atoms with E-state index in [0.717, 1.165) is 12.1 Å². The van der Waals surface area contributed by atoms with Crippen LogP contribution in [-0.2, 0) is 9.47 Å². The first kappa shape index (κ1) is 14.7. The molecule has 0 aliphatic heterocycles. The predicted molar refractivity (Wildman–Crippen MR) is 68.8 cm³/mol. The van der Waals surface area contributed by atoms with Crippen LogP contribution < -0.4 is 10.1 Å². The molecule has 1 rings (SSSR count). The molecule has 0 heterocycles. The van der Waals surface area contributed by atoms with Crippen molar-refractivity contribution in [3.05, 3.63) is 24.0 Å². The third-order valence-electron chi connectivity index (χ3n) is 2.36. The zero-order valence-corrected chi connectivity index (χ0v) is 10.9. The van der Waals surface area contributed by atoms with Crippen LogP contribution >= 0.6 is 0 Å². The highest BCUT2D eigenvalue weighted by Gasteiger charge is 2.02. The third kappa shape index (κ3) is 5.33. The normalized spacial score (nSPS) is 10.4. The van der Waals surface area contributed by atoms with Crippen LogP contribution in [0.3, 0.4) is 0 Å². The molecule has 1 aromatic rings. The molecule has 0 fully saturated rings. The van der Waals surface area contributed by atoms with Crippen molar-refractivity contribution in [2.45, 2.75) is 6.42 Å².